The molecule has 4 saturated carbocycles. The van der Waals surface area contributed by atoms with Gasteiger partial charge in [-0.05, 0) is 73.5 Å². The molecular weight excluding hydrogens is 402 g/mol. The van der Waals surface area contributed by atoms with Gasteiger partial charge in [-0.1, -0.05) is 24.3 Å². The Morgan fingerprint density at radius 2 is 1.75 bits per heavy atom. The van der Waals surface area contributed by atoms with Crippen molar-refractivity contribution in [2.75, 3.05) is 6.61 Å². The van der Waals surface area contributed by atoms with Gasteiger partial charge in [-0.15, -0.1) is 0 Å². The lowest BCUT2D eigenvalue weighted by molar-refractivity contribution is -0.166. The standard InChI is InChI=1S/C27H29NO4/c29-24-21-20(19-13-31-26(24)32-19)23(28-6-5-17-3-1-2-4-18(17)22(21)28)25(30)27-10-14-7-15(11-27)9-16(8-14)12-27/h1-6,14-16,19-23,26H,7-13H2/t14?,15?,16?,19-,20-,21+,22+,23-,26-,27?/m1/s1. The minimum Gasteiger partial charge on any atom is -0.359 e. The number of rotatable bonds is 2. The zero-order valence-corrected chi connectivity index (χ0v) is 18.2. The van der Waals surface area contributed by atoms with Crippen molar-refractivity contribution in [3.63, 3.8) is 0 Å². The number of ketones is 2. The van der Waals surface area contributed by atoms with Crippen molar-refractivity contribution in [1.29, 1.82) is 0 Å². The molecule has 5 nitrogen and oxygen atoms in total. The van der Waals surface area contributed by atoms with Gasteiger partial charge >= 0.3 is 0 Å². The minimum atomic E-state index is -0.755. The maximum atomic E-state index is 14.6. The Hall–Kier alpha value is -1.98. The Morgan fingerprint density at radius 3 is 2.50 bits per heavy atom. The largest absolute Gasteiger partial charge is 0.359 e. The summed E-state index contributed by atoms with van der Waals surface area (Å²) in [6.45, 7) is 0.425. The molecular formula is C27H29NO4. The molecule has 4 aliphatic heterocycles. The zero-order valence-electron chi connectivity index (χ0n) is 18.2. The molecule has 8 aliphatic rings. The monoisotopic (exact) mass is 431 g/mol. The van der Waals surface area contributed by atoms with Crippen molar-refractivity contribution < 1.29 is 19.1 Å². The third-order valence-corrected chi connectivity index (χ3v) is 10.0. The highest BCUT2D eigenvalue weighted by molar-refractivity contribution is 5.95. The maximum absolute atomic E-state index is 14.6. The molecule has 0 radical (unpaired) electrons. The highest BCUT2D eigenvalue weighted by Crippen LogP contribution is 2.63. The number of hydrogen-bond donors (Lipinski definition) is 0. The number of hydrogen-bond acceptors (Lipinski definition) is 5. The van der Waals surface area contributed by atoms with Crippen LogP contribution in [0.5, 0.6) is 0 Å². The molecule has 5 heteroatoms. The van der Waals surface area contributed by atoms with E-state index in [2.05, 4.69) is 29.3 Å². The fraction of sp³-hybridized carbons (Fsp3) is 0.630. The van der Waals surface area contributed by atoms with Gasteiger partial charge in [0.2, 0.25) is 6.29 Å². The van der Waals surface area contributed by atoms with Crippen LogP contribution in [-0.2, 0) is 19.1 Å². The highest BCUT2D eigenvalue weighted by atomic mass is 16.7. The number of carbonyl (C=O) groups is 2. The summed E-state index contributed by atoms with van der Waals surface area (Å²) in [5, 5.41) is 0. The number of ether oxygens (including phenoxy) is 2. The van der Waals surface area contributed by atoms with Crippen LogP contribution in [0.2, 0.25) is 0 Å². The second kappa shape index (κ2) is 6.12. The Labute approximate surface area is 188 Å². The first kappa shape index (κ1) is 18.4. The molecule has 3 saturated heterocycles. The number of fused-ring (bicyclic) bond motifs is 8. The highest BCUT2D eigenvalue weighted by Gasteiger charge is 2.66. The lowest BCUT2D eigenvalue weighted by Crippen LogP contribution is -2.57. The fourth-order valence-corrected chi connectivity index (χ4v) is 9.35. The van der Waals surface area contributed by atoms with Crippen LogP contribution in [0, 0.1) is 35.0 Å². The smallest absolute Gasteiger partial charge is 0.218 e. The molecule has 1 aromatic rings. The van der Waals surface area contributed by atoms with Crippen molar-refractivity contribution in [3.05, 3.63) is 41.6 Å². The maximum Gasteiger partial charge on any atom is 0.218 e. The minimum absolute atomic E-state index is 0.0321. The third kappa shape index (κ3) is 2.22. The van der Waals surface area contributed by atoms with Crippen molar-refractivity contribution >= 4 is 17.6 Å². The quantitative estimate of drug-likeness (QED) is 0.714. The molecule has 0 aromatic heterocycles. The average Bonchev–Trinajstić information content (AvgIpc) is 3.37. The molecule has 0 unspecified atom stereocenters. The lowest BCUT2D eigenvalue weighted by Gasteiger charge is -2.57. The molecule has 7 fully saturated rings. The molecule has 32 heavy (non-hydrogen) atoms. The third-order valence-electron chi connectivity index (χ3n) is 10.0. The summed E-state index contributed by atoms with van der Waals surface area (Å²) in [4.78, 5) is 30.4. The summed E-state index contributed by atoms with van der Waals surface area (Å²) in [5.74, 6) is 2.24. The normalized spacial score (nSPS) is 49.2. The van der Waals surface area contributed by atoms with Crippen LogP contribution < -0.4 is 0 Å². The summed E-state index contributed by atoms with van der Waals surface area (Å²) in [6.07, 6.45) is 10.5. The van der Waals surface area contributed by atoms with Gasteiger partial charge in [0.25, 0.3) is 0 Å². The van der Waals surface area contributed by atoms with E-state index in [1.165, 1.54) is 24.8 Å². The molecule has 166 valence electrons. The summed E-state index contributed by atoms with van der Waals surface area (Å²) in [7, 11) is 0. The first-order valence-corrected chi connectivity index (χ1v) is 12.5. The molecule has 0 amide bonds. The predicted molar refractivity (Wildman–Crippen MR) is 116 cm³/mol. The van der Waals surface area contributed by atoms with E-state index >= 15 is 0 Å². The van der Waals surface area contributed by atoms with E-state index in [-0.39, 0.29) is 41.2 Å². The molecule has 1 aromatic carbocycles. The van der Waals surface area contributed by atoms with Gasteiger partial charge in [-0.3, -0.25) is 9.59 Å². The van der Waals surface area contributed by atoms with Gasteiger partial charge in [0.05, 0.1) is 30.7 Å². The molecule has 9 rings (SSSR count). The molecule has 6 atom stereocenters. The van der Waals surface area contributed by atoms with Crippen molar-refractivity contribution in [2.45, 2.75) is 63.0 Å². The van der Waals surface area contributed by atoms with Crippen LogP contribution in [0.3, 0.4) is 0 Å². The van der Waals surface area contributed by atoms with E-state index < -0.39 is 6.29 Å². The Bertz CT molecular complexity index is 1030. The average molecular weight is 432 g/mol. The predicted octanol–water partition coefficient (Wildman–Crippen LogP) is 3.74. The summed E-state index contributed by atoms with van der Waals surface area (Å²) < 4.78 is 11.8. The van der Waals surface area contributed by atoms with E-state index in [9.17, 15) is 9.59 Å². The van der Waals surface area contributed by atoms with Crippen LogP contribution in [0.4, 0.5) is 0 Å². The second-order valence-electron chi connectivity index (χ2n) is 11.7. The van der Waals surface area contributed by atoms with Gasteiger partial charge in [0.1, 0.15) is 0 Å². The molecule has 0 N–H and O–H groups in total. The lowest BCUT2D eigenvalue weighted by atomic mass is 9.47. The van der Waals surface area contributed by atoms with Gasteiger partial charge in [0, 0.05) is 17.5 Å². The Morgan fingerprint density at radius 1 is 1.03 bits per heavy atom. The van der Waals surface area contributed by atoms with Gasteiger partial charge in [0.15, 0.2) is 11.6 Å². The topological polar surface area (TPSA) is 55.8 Å². The summed E-state index contributed by atoms with van der Waals surface area (Å²) in [6, 6.07) is 7.96. The number of benzene rings is 1. The van der Waals surface area contributed by atoms with E-state index in [0.717, 1.165) is 42.6 Å². The van der Waals surface area contributed by atoms with E-state index in [4.69, 9.17) is 9.47 Å². The summed E-state index contributed by atoms with van der Waals surface area (Å²) in [5.41, 5.74) is 2.13. The van der Waals surface area contributed by atoms with Crippen LogP contribution in [-0.4, -0.2) is 41.5 Å². The van der Waals surface area contributed by atoms with Gasteiger partial charge in [-0.2, -0.15) is 0 Å². The SMILES string of the molecule is O=C1[C@@H]2OC[C@@H](O2)[C@@H]2[C@H]1[C@@H]1c3ccccc3C=CN1[C@H]2C(=O)C12CC3CC(CC(C3)C1)C2. The molecule has 4 heterocycles. The van der Waals surface area contributed by atoms with E-state index in [1.807, 2.05) is 12.1 Å². The van der Waals surface area contributed by atoms with Crippen molar-refractivity contribution in [2.24, 2.45) is 35.0 Å². The Kier molecular flexibility index (Phi) is 3.53. The zero-order chi connectivity index (χ0) is 21.2. The van der Waals surface area contributed by atoms with Crippen LogP contribution in [0.15, 0.2) is 30.5 Å². The van der Waals surface area contributed by atoms with Gasteiger partial charge < -0.3 is 14.4 Å². The van der Waals surface area contributed by atoms with E-state index in [0.29, 0.717) is 12.4 Å². The van der Waals surface area contributed by atoms with Crippen molar-refractivity contribution in [3.8, 4) is 0 Å². The fourth-order valence-electron chi connectivity index (χ4n) is 9.35. The first-order valence-electron chi connectivity index (χ1n) is 12.5. The van der Waals surface area contributed by atoms with Crippen LogP contribution >= 0.6 is 0 Å². The van der Waals surface area contributed by atoms with Crippen LogP contribution in [0.25, 0.3) is 6.08 Å². The van der Waals surface area contributed by atoms with Crippen LogP contribution in [0.1, 0.15) is 55.7 Å². The number of nitrogens with zero attached hydrogens (tertiary/aromatic N) is 1. The second-order valence-corrected chi connectivity index (χ2v) is 11.7. The molecule has 0 spiro atoms. The van der Waals surface area contributed by atoms with Crippen molar-refractivity contribution in [1.82, 2.24) is 4.90 Å². The number of carbonyl (C=O) groups excluding carboxylic acids is 2. The Balaban J connectivity index is 1.26. The number of Topliss-reactive ketones (excluding diaryl/α,β-unsaturated/α-hetero) is 2. The molecule has 4 aliphatic carbocycles. The molecule has 6 bridgehead atoms. The van der Waals surface area contributed by atoms with Gasteiger partial charge in [-0.25, -0.2) is 0 Å². The van der Waals surface area contributed by atoms with E-state index in [1.54, 1.807) is 0 Å². The summed E-state index contributed by atoms with van der Waals surface area (Å²) >= 11 is 0. The first-order chi connectivity index (χ1) is 15.6.